The van der Waals surface area contributed by atoms with Gasteiger partial charge < -0.3 is 38.6 Å². The quantitative estimate of drug-likeness (QED) is 0.126. The Hall–Kier alpha value is -12.6. The number of piperazine rings is 3. The van der Waals surface area contributed by atoms with Crippen LogP contribution in [0.2, 0.25) is 0 Å². The van der Waals surface area contributed by atoms with Gasteiger partial charge in [0.1, 0.15) is 28.3 Å². The summed E-state index contributed by atoms with van der Waals surface area (Å²) in [5, 5.41) is 13.5. The molecular weight excluding hydrogens is 1550 g/mol. The largest absolute Gasteiger partial charge is 0.368 e. The Kier molecular flexibility index (Phi) is 22.5. The molecule has 124 heavy (non-hydrogen) atoms. The van der Waals surface area contributed by atoms with E-state index in [-0.39, 0.29) is 22.2 Å². The van der Waals surface area contributed by atoms with Crippen LogP contribution in [-0.2, 0) is 26.3 Å². The Balaban J connectivity index is 0.000000113. The molecule has 0 saturated carbocycles. The van der Waals surface area contributed by atoms with Crippen molar-refractivity contribution in [1.82, 2.24) is 101 Å². The zero-order chi connectivity index (χ0) is 86.2. The van der Waals surface area contributed by atoms with Gasteiger partial charge >= 0.3 is 0 Å². The summed E-state index contributed by atoms with van der Waals surface area (Å²) in [4.78, 5) is 100.0. The Morgan fingerprint density at radius 2 is 0.968 bits per heavy atom. The second-order valence-corrected chi connectivity index (χ2v) is 34.8. The minimum atomic E-state index is -0.0980. The zero-order valence-electron chi connectivity index (χ0n) is 73.6. The van der Waals surface area contributed by atoms with E-state index in [2.05, 4.69) is 154 Å². The molecule has 20 heterocycles. The van der Waals surface area contributed by atoms with Gasteiger partial charge in [-0.2, -0.15) is 10.2 Å². The first-order valence-corrected chi connectivity index (χ1v) is 43.9. The summed E-state index contributed by atoms with van der Waals surface area (Å²) in [6.45, 7) is 35.0. The van der Waals surface area contributed by atoms with Crippen LogP contribution >= 0.6 is 0 Å². The van der Waals surface area contributed by atoms with Crippen LogP contribution in [0.5, 0.6) is 0 Å². The van der Waals surface area contributed by atoms with Gasteiger partial charge in [0.25, 0.3) is 22.2 Å². The maximum Gasteiger partial charge on any atom is 0.258 e. The first-order valence-electron chi connectivity index (χ1n) is 43.9. The summed E-state index contributed by atoms with van der Waals surface area (Å²) in [7, 11) is 6.25. The van der Waals surface area contributed by atoms with Gasteiger partial charge in [-0.25, -0.2) is 24.5 Å². The highest BCUT2D eigenvalue weighted by molar-refractivity contribution is 5.84. The smallest absolute Gasteiger partial charge is 0.258 e. The summed E-state index contributed by atoms with van der Waals surface area (Å²) in [6, 6.07) is 30.8. The first kappa shape index (κ1) is 82.3. The molecule has 5 fully saturated rings. The summed E-state index contributed by atoms with van der Waals surface area (Å²) in [5.74, 6) is 0.508. The number of benzene rings is 1. The predicted molar refractivity (Wildman–Crippen MR) is 493 cm³/mol. The second kappa shape index (κ2) is 33.9. The second-order valence-electron chi connectivity index (χ2n) is 34.8. The maximum absolute atomic E-state index is 13.1. The van der Waals surface area contributed by atoms with Gasteiger partial charge in [0.05, 0.1) is 108 Å². The molecule has 28 heteroatoms. The standard InChI is InChI=1S/C25H28N6O.C24H29N7O.C24H28N6O.C23H25N5O/c1-3-21-23-11-18(14-30(23)13-17(2)26-21)22-12-25(32)31-16-20(6-7-24(31)27-22)29-10-9-28-8-4-5-19(28)15-29;1-6-19-22-10-21(27-31(22)12-16(3)25-19)20-11-23(32)30-14-18(9-15(2)24(30)26-20)29-8-7-28(5)17(4)13-29;1-5-20-22-9-18(13-29(22)12-17(4)26-20)21-10-23(31)30-14-19(8-15(2)24(30)27-21)28-7-6-25-16(3)11-28;1-15-10-19(16-6-8-26(2)9-7-16)14-28-22(29)12-20(25-23(15)28)17-4-5-21-18(11-17)13-24-27(21)3/h6-7,11-14,16,19H,3-5,8-10,15H2,1-2H3;9-12,14,17H,6-8,13H2,1-5H3;8-10,12-14,16,25H,5-7,11H2,1-4H3;4-5,10-14,16H,6-9H2,1-3H3/t19-;17-;16-;/m011./s1. The van der Waals surface area contributed by atoms with Crippen molar-refractivity contribution >= 4 is 67.1 Å². The highest BCUT2D eigenvalue weighted by Crippen LogP contribution is 2.34. The SMILES string of the molecule is CCc1nc(C)cn2cc(-c3cc(=O)n4cc(N5CCN6CCC[C@H]6C5)ccc4n3)cc12.CCc1nc(C)cn2cc(-c3cc(=O)n4cc(N5CCN[C@H](C)C5)cc(C)c4n3)cc12.CCc1nc(C)cn2nc(-c3cc(=O)n4cc(N5CCN(C)[C@H](C)C5)cc(C)c4n3)cc12.Cc1cc(C2CCN(C)CC2)cn2c(=O)cc(-c3ccc4c(cnn4C)c3)nc12. The van der Waals surface area contributed by atoms with Gasteiger partial charge in [-0.15, -0.1) is 0 Å². The first-order chi connectivity index (χ1) is 59.8. The number of likely N-dealkylation sites (tertiary alicyclic amines) is 1. The molecular formula is C96H110N24O4. The number of nitrogens with zero attached hydrogens (tertiary/aromatic N) is 23. The summed E-state index contributed by atoms with van der Waals surface area (Å²) >= 11 is 0. The molecule has 1 N–H and O–H groups in total. The van der Waals surface area contributed by atoms with Gasteiger partial charge in [0.15, 0.2) is 0 Å². The van der Waals surface area contributed by atoms with Crippen molar-refractivity contribution in [2.75, 3.05) is 107 Å². The molecule has 5 aliphatic rings. The van der Waals surface area contributed by atoms with E-state index in [1.54, 1.807) is 41.9 Å². The lowest BCUT2D eigenvalue weighted by atomic mass is 9.90. The Labute approximate surface area is 719 Å². The molecule has 5 saturated heterocycles. The van der Waals surface area contributed by atoms with Crippen LogP contribution in [0.25, 0.3) is 95.2 Å². The Morgan fingerprint density at radius 1 is 0.427 bits per heavy atom. The molecule has 5 aliphatic heterocycles. The molecule has 21 rings (SSSR count). The fourth-order valence-electron chi connectivity index (χ4n) is 18.9. The van der Waals surface area contributed by atoms with Gasteiger partial charge in [0.2, 0.25) is 0 Å². The molecule has 638 valence electrons. The highest BCUT2D eigenvalue weighted by Gasteiger charge is 2.32. The van der Waals surface area contributed by atoms with Crippen LogP contribution in [-0.4, -0.2) is 206 Å². The van der Waals surface area contributed by atoms with Crippen molar-refractivity contribution in [3.05, 3.63) is 251 Å². The fraction of sp³-hybridized carbons (Fsp3) is 0.385. The molecule has 28 nitrogen and oxygen atoms in total. The van der Waals surface area contributed by atoms with Crippen molar-refractivity contribution in [1.29, 1.82) is 0 Å². The van der Waals surface area contributed by atoms with Gasteiger partial charge in [-0.3, -0.25) is 61.3 Å². The summed E-state index contributed by atoms with van der Waals surface area (Å²) in [6.07, 6.45) is 27.0. The molecule has 1 aromatic carbocycles. The average Bonchev–Trinajstić information content (AvgIpc) is 1.37. The lowest BCUT2D eigenvalue weighted by Crippen LogP contribution is -2.50. The van der Waals surface area contributed by atoms with Gasteiger partial charge in [0, 0.05) is 180 Å². The number of nitrogens with one attached hydrogen (secondary N) is 1. The van der Waals surface area contributed by atoms with Crippen LogP contribution in [0.15, 0.2) is 172 Å². The number of likely N-dealkylation sites (N-methyl/N-ethyl adjacent to an activating group) is 1. The average molecular weight is 1660 g/mol. The van der Waals surface area contributed by atoms with Crippen LogP contribution in [0.3, 0.4) is 0 Å². The third-order valence-electron chi connectivity index (χ3n) is 25.8. The van der Waals surface area contributed by atoms with Crippen LogP contribution in [0, 0.1) is 41.5 Å². The lowest BCUT2D eigenvalue weighted by Gasteiger charge is -2.39. The number of hydrogen-bond donors (Lipinski definition) is 1. The van der Waals surface area contributed by atoms with Crippen LogP contribution in [0.4, 0.5) is 17.1 Å². The van der Waals surface area contributed by atoms with E-state index in [0.717, 1.165) is 222 Å². The van der Waals surface area contributed by atoms with Gasteiger partial charge in [-0.05, 0) is 217 Å². The van der Waals surface area contributed by atoms with Crippen molar-refractivity contribution in [3.63, 3.8) is 0 Å². The number of aromatic nitrogens is 17. The van der Waals surface area contributed by atoms with Gasteiger partial charge in [-0.1, -0.05) is 32.9 Å². The summed E-state index contributed by atoms with van der Waals surface area (Å²) in [5.41, 5.74) is 26.3. The van der Waals surface area contributed by atoms with Crippen molar-refractivity contribution in [3.8, 4) is 45.2 Å². The van der Waals surface area contributed by atoms with Crippen molar-refractivity contribution in [2.45, 2.75) is 145 Å². The molecule has 0 bridgehead atoms. The predicted octanol–water partition coefficient (Wildman–Crippen LogP) is 12.2. The molecule has 15 aromatic heterocycles. The van der Waals surface area contributed by atoms with E-state index < -0.39 is 0 Å². The molecule has 0 aliphatic carbocycles. The minimum absolute atomic E-state index is 0.0332. The number of aryl methyl sites for hydroxylation is 10. The number of anilines is 3. The number of piperidine rings is 1. The van der Waals surface area contributed by atoms with E-state index in [9.17, 15) is 19.2 Å². The maximum atomic E-state index is 13.1. The zero-order valence-corrected chi connectivity index (χ0v) is 73.6. The number of rotatable bonds is 11. The lowest BCUT2D eigenvalue weighted by molar-refractivity contribution is 0.231. The number of pyridine rings is 4. The molecule has 3 atom stereocenters. The normalized spacial score (nSPS) is 17.5. The monoisotopic (exact) mass is 1660 g/mol. The Bertz CT molecular complexity index is 7080. The molecule has 16 aromatic rings. The van der Waals surface area contributed by atoms with E-state index in [1.807, 2.05) is 150 Å². The Morgan fingerprint density at radius 3 is 1.59 bits per heavy atom. The number of fused-ring (bicyclic) bond motifs is 9. The molecule has 0 radical (unpaired) electrons. The molecule has 0 amide bonds. The van der Waals surface area contributed by atoms with Crippen LogP contribution in [0.1, 0.15) is 123 Å². The van der Waals surface area contributed by atoms with Crippen LogP contribution < -0.4 is 42.3 Å². The van der Waals surface area contributed by atoms with Crippen molar-refractivity contribution < 1.29 is 0 Å². The highest BCUT2D eigenvalue weighted by atomic mass is 16.1. The topological polar surface area (TPSA) is 252 Å². The summed E-state index contributed by atoms with van der Waals surface area (Å²) < 4.78 is 14.6. The molecule has 0 unspecified atom stereocenters. The van der Waals surface area contributed by atoms with E-state index in [0.29, 0.717) is 69.5 Å². The third kappa shape index (κ3) is 16.3. The fourth-order valence-corrected chi connectivity index (χ4v) is 18.9. The van der Waals surface area contributed by atoms with E-state index in [1.165, 1.54) is 24.9 Å². The van der Waals surface area contributed by atoms with E-state index >= 15 is 0 Å². The number of hydrogen-bond acceptors (Lipinski definition) is 20. The third-order valence-corrected chi connectivity index (χ3v) is 25.8. The minimum Gasteiger partial charge on any atom is -0.368 e. The van der Waals surface area contributed by atoms with E-state index in [4.69, 9.17) is 19.9 Å². The van der Waals surface area contributed by atoms with Crippen molar-refractivity contribution in [2.24, 2.45) is 7.05 Å². The molecule has 0 spiro atoms.